The molecule has 3 N–H and O–H groups in total. The molecule has 0 spiro atoms. The highest BCUT2D eigenvalue weighted by atomic mass is 16.3. The van der Waals surface area contributed by atoms with Crippen molar-refractivity contribution in [1.29, 1.82) is 0 Å². The summed E-state index contributed by atoms with van der Waals surface area (Å²) >= 11 is 0. The number of benzene rings is 4. The number of imide groups is 2. The number of likely N-dealkylation sites (tertiary alicyclic amines) is 1. The van der Waals surface area contributed by atoms with Crippen LogP contribution in [0.25, 0.3) is 0 Å². The molecule has 4 heterocycles. The van der Waals surface area contributed by atoms with Crippen LogP contribution in [-0.4, -0.2) is 83.3 Å². The third-order valence-corrected chi connectivity index (χ3v) is 12.9. The first-order valence-electron chi connectivity index (χ1n) is 20.3. The fourth-order valence-corrected chi connectivity index (χ4v) is 10.0. The van der Waals surface area contributed by atoms with E-state index in [1.165, 1.54) is 27.9 Å². The summed E-state index contributed by atoms with van der Waals surface area (Å²) in [5.74, 6) is -0.341. The topological polar surface area (TPSA) is 122 Å². The largest absolute Gasteiger partial charge is 0.508 e. The first kappa shape index (κ1) is 36.2. The van der Waals surface area contributed by atoms with Gasteiger partial charge in [-0.1, -0.05) is 48.5 Å². The molecule has 0 aromatic heterocycles. The lowest BCUT2D eigenvalue weighted by atomic mass is 9.69. The van der Waals surface area contributed by atoms with Crippen LogP contribution in [0.5, 0.6) is 5.75 Å². The second kappa shape index (κ2) is 15.2. The van der Waals surface area contributed by atoms with Gasteiger partial charge in [0.1, 0.15) is 11.8 Å². The maximum atomic E-state index is 13.4. The van der Waals surface area contributed by atoms with E-state index in [1.807, 2.05) is 18.2 Å². The number of phenolic OH excluding ortho intramolecular Hbond substituents is 1. The lowest BCUT2D eigenvalue weighted by Crippen LogP contribution is -2.54. The number of nitrogens with zero attached hydrogens (tertiary/aromatic N) is 3. The van der Waals surface area contributed by atoms with E-state index in [2.05, 4.69) is 81.1 Å². The molecule has 3 saturated heterocycles. The van der Waals surface area contributed by atoms with Gasteiger partial charge in [-0.05, 0) is 128 Å². The van der Waals surface area contributed by atoms with Crippen LogP contribution in [-0.2, 0) is 16.0 Å². The fourth-order valence-electron chi connectivity index (χ4n) is 10.0. The molecule has 2 unspecified atom stereocenters. The predicted molar refractivity (Wildman–Crippen MR) is 215 cm³/mol. The molecule has 4 atom stereocenters. The summed E-state index contributed by atoms with van der Waals surface area (Å²) in [5.41, 5.74) is 7.95. The van der Waals surface area contributed by atoms with Gasteiger partial charge >= 0.3 is 0 Å². The van der Waals surface area contributed by atoms with Crippen molar-refractivity contribution in [2.75, 3.05) is 42.9 Å². The van der Waals surface area contributed by atoms with Crippen LogP contribution in [0.4, 0.5) is 11.4 Å². The summed E-state index contributed by atoms with van der Waals surface area (Å²) in [5, 5.41) is 16.1. The number of phenols is 1. The first-order valence-corrected chi connectivity index (χ1v) is 20.3. The Hall–Kier alpha value is -5.48. The molecule has 0 bridgehead atoms. The molecule has 288 valence electrons. The SMILES string of the molecule is O=C1CCC(N2C(=O)c3ccc(NC4CCCN(CC5CCN(c6ccc([C@@H]7c8ccc(O)cc8CC[C@@H]7c7ccccc7)cc6)CC5)C4)cc3C2=O)C(=O)N1. The number of piperidine rings is 3. The molecule has 10 nitrogen and oxygen atoms in total. The molecule has 10 heteroatoms. The molecule has 56 heavy (non-hydrogen) atoms. The van der Waals surface area contributed by atoms with Crippen molar-refractivity contribution >= 4 is 35.0 Å². The Bertz CT molecular complexity index is 2150. The van der Waals surface area contributed by atoms with Crippen LogP contribution in [0.2, 0.25) is 0 Å². The van der Waals surface area contributed by atoms with Gasteiger partial charge in [0.25, 0.3) is 11.8 Å². The Kier molecular flexibility index (Phi) is 9.83. The van der Waals surface area contributed by atoms with Gasteiger partial charge in [-0.15, -0.1) is 0 Å². The van der Waals surface area contributed by atoms with E-state index < -0.39 is 23.8 Å². The summed E-state index contributed by atoms with van der Waals surface area (Å²) in [6.45, 7) is 5.14. The van der Waals surface area contributed by atoms with Gasteiger partial charge in [0.2, 0.25) is 11.8 Å². The normalized spacial score (nSPS) is 24.5. The molecule has 4 amide bonds. The molecule has 4 aromatic carbocycles. The predicted octanol–water partition coefficient (Wildman–Crippen LogP) is 6.45. The second-order valence-corrected chi connectivity index (χ2v) is 16.4. The minimum absolute atomic E-state index is 0.0999. The van der Waals surface area contributed by atoms with Gasteiger partial charge in [-0.3, -0.25) is 29.4 Å². The van der Waals surface area contributed by atoms with E-state index in [-0.39, 0.29) is 30.7 Å². The molecule has 0 saturated carbocycles. The number of nitrogens with one attached hydrogen (secondary N) is 2. The number of fused-ring (bicyclic) bond motifs is 2. The highest BCUT2D eigenvalue weighted by molar-refractivity contribution is 6.23. The molecule has 4 aromatic rings. The van der Waals surface area contributed by atoms with Crippen LogP contribution >= 0.6 is 0 Å². The van der Waals surface area contributed by atoms with Crippen LogP contribution in [0.3, 0.4) is 0 Å². The Morgan fingerprint density at radius 2 is 1.52 bits per heavy atom. The minimum atomic E-state index is -0.966. The summed E-state index contributed by atoms with van der Waals surface area (Å²) in [7, 11) is 0. The Labute approximate surface area is 327 Å². The van der Waals surface area contributed by atoms with Crippen LogP contribution in [0.1, 0.15) is 99.8 Å². The van der Waals surface area contributed by atoms with Crippen molar-refractivity contribution in [3.05, 3.63) is 124 Å². The van der Waals surface area contributed by atoms with E-state index in [9.17, 15) is 24.3 Å². The molecule has 3 fully saturated rings. The van der Waals surface area contributed by atoms with Crippen molar-refractivity contribution in [3.63, 3.8) is 0 Å². The van der Waals surface area contributed by atoms with Gasteiger partial charge in [0, 0.05) is 55.9 Å². The van der Waals surface area contributed by atoms with E-state index in [1.54, 1.807) is 12.1 Å². The van der Waals surface area contributed by atoms with E-state index in [0.29, 0.717) is 28.7 Å². The molecule has 4 aliphatic heterocycles. The number of amides is 4. The third-order valence-electron chi connectivity index (χ3n) is 12.9. The highest BCUT2D eigenvalue weighted by Gasteiger charge is 2.45. The lowest BCUT2D eigenvalue weighted by Gasteiger charge is -2.39. The Balaban J connectivity index is 0.797. The van der Waals surface area contributed by atoms with Gasteiger partial charge in [-0.2, -0.15) is 0 Å². The maximum Gasteiger partial charge on any atom is 0.262 e. The second-order valence-electron chi connectivity index (χ2n) is 16.4. The number of hydrogen-bond donors (Lipinski definition) is 3. The minimum Gasteiger partial charge on any atom is -0.508 e. The maximum absolute atomic E-state index is 13.4. The zero-order chi connectivity index (χ0) is 38.3. The number of aromatic hydroxyl groups is 1. The Morgan fingerprint density at radius 1 is 0.732 bits per heavy atom. The van der Waals surface area contributed by atoms with E-state index in [4.69, 9.17) is 0 Å². The van der Waals surface area contributed by atoms with Crippen molar-refractivity contribution in [2.45, 2.75) is 75.3 Å². The number of rotatable bonds is 8. The molecule has 0 radical (unpaired) electrons. The van der Waals surface area contributed by atoms with Crippen molar-refractivity contribution in [3.8, 4) is 5.75 Å². The molecule has 5 aliphatic rings. The standard InChI is InChI=1S/C46H49N5O5/c52-36-14-17-38-32(25-36)10-15-37(30-5-2-1-3-6-30)43(38)31-8-12-35(13-9-31)50-23-20-29(21-24-50)27-49-22-4-7-34(28-49)47-33-11-16-39-40(26-33)46(56)51(45(39)55)41-18-19-42(53)48-44(41)54/h1-3,5-6,8-9,11-14,16-17,25-26,29,34,37,41,43,47,52H,4,7,10,15,18-24,27-28H2,(H,48,53,54)/t34?,37-,41?,43+/m1/s1. The molecular weight excluding hydrogens is 703 g/mol. The van der Waals surface area contributed by atoms with Gasteiger partial charge in [-0.25, -0.2) is 0 Å². The summed E-state index contributed by atoms with van der Waals surface area (Å²) < 4.78 is 0. The number of carbonyl (C=O) groups is 4. The summed E-state index contributed by atoms with van der Waals surface area (Å²) in [4.78, 5) is 56.7. The summed E-state index contributed by atoms with van der Waals surface area (Å²) in [6.07, 6.45) is 6.68. The highest BCUT2D eigenvalue weighted by Crippen LogP contribution is 2.47. The smallest absolute Gasteiger partial charge is 0.262 e. The average molecular weight is 752 g/mol. The average Bonchev–Trinajstić information content (AvgIpc) is 3.46. The Morgan fingerprint density at radius 3 is 2.30 bits per heavy atom. The number of carbonyl (C=O) groups excluding carboxylic acids is 4. The van der Waals surface area contributed by atoms with Crippen molar-refractivity contribution < 1.29 is 24.3 Å². The third kappa shape index (κ3) is 7.07. The van der Waals surface area contributed by atoms with Crippen molar-refractivity contribution in [2.24, 2.45) is 5.92 Å². The molecular formula is C46H49N5O5. The lowest BCUT2D eigenvalue weighted by molar-refractivity contribution is -0.136. The summed E-state index contributed by atoms with van der Waals surface area (Å²) in [6, 6.07) is 30.6. The monoisotopic (exact) mass is 751 g/mol. The zero-order valence-electron chi connectivity index (χ0n) is 31.7. The number of hydrogen-bond acceptors (Lipinski definition) is 8. The quantitative estimate of drug-likeness (QED) is 0.176. The molecule has 1 aliphatic carbocycles. The van der Waals surface area contributed by atoms with E-state index in [0.717, 1.165) is 81.8 Å². The van der Waals surface area contributed by atoms with Crippen LogP contribution in [0, 0.1) is 5.92 Å². The number of anilines is 2. The van der Waals surface area contributed by atoms with Gasteiger partial charge in [0.05, 0.1) is 11.1 Å². The number of aryl methyl sites for hydroxylation is 1. The van der Waals surface area contributed by atoms with Crippen LogP contribution < -0.4 is 15.5 Å². The van der Waals surface area contributed by atoms with Crippen molar-refractivity contribution in [1.82, 2.24) is 15.1 Å². The zero-order valence-corrected chi connectivity index (χ0v) is 31.7. The van der Waals surface area contributed by atoms with Gasteiger partial charge < -0.3 is 20.2 Å². The first-order chi connectivity index (χ1) is 27.3. The molecule has 9 rings (SSSR count). The van der Waals surface area contributed by atoms with Crippen LogP contribution in [0.15, 0.2) is 91.0 Å². The van der Waals surface area contributed by atoms with Gasteiger partial charge in [0.15, 0.2) is 0 Å². The van der Waals surface area contributed by atoms with E-state index >= 15 is 0 Å². The fraction of sp³-hybridized carbons (Fsp3) is 0.391.